The second kappa shape index (κ2) is 36.4. The fourth-order valence-electron chi connectivity index (χ4n) is 6.27. The molecular weight excluding hydrogens is 775 g/mol. The van der Waals surface area contributed by atoms with Gasteiger partial charge in [0.05, 0.1) is 13.2 Å². The number of esters is 1. The number of unbranched alkanes of at least 4 members (excludes halogenated alkanes) is 12. The van der Waals surface area contributed by atoms with Gasteiger partial charge in [0.15, 0.2) is 0 Å². The molecule has 1 saturated carbocycles. The van der Waals surface area contributed by atoms with Crippen LogP contribution in [0.1, 0.15) is 149 Å². The molecule has 0 radical (unpaired) electrons. The van der Waals surface area contributed by atoms with Crippen molar-refractivity contribution in [2.75, 3.05) is 19.8 Å². The topological polar surface area (TPSA) is 192 Å². The Morgan fingerprint density at radius 2 is 1.00 bits per heavy atom. The van der Waals surface area contributed by atoms with Crippen LogP contribution in [0.2, 0.25) is 0 Å². The smallest absolute Gasteiger partial charge is 0.457 e. The zero-order chi connectivity index (χ0) is 43.4. The van der Waals surface area contributed by atoms with E-state index >= 15 is 0 Å². The number of carbonyl (C=O) groups is 1. The van der Waals surface area contributed by atoms with Crippen molar-refractivity contribution >= 4 is 13.8 Å². The predicted molar refractivity (Wildman–Crippen MR) is 235 cm³/mol. The van der Waals surface area contributed by atoms with E-state index in [2.05, 4.69) is 86.8 Å². The molecule has 1 aliphatic rings. The van der Waals surface area contributed by atoms with Gasteiger partial charge >= 0.3 is 13.8 Å². The highest BCUT2D eigenvalue weighted by molar-refractivity contribution is 7.47. The minimum atomic E-state index is -5.04. The van der Waals surface area contributed by atoms with Gasteiger partial charge in [-0.1, -0.05) is 138 Å². The molecule has 0 spiro atoms. The number of aliphatic hydroxyl groups is 5. The number of rotatable bonds is 36. The van der Waals surface area contributed by atoms with Gasteiger partial charge in [-0.15, -0.1) is 0 Å². The molecule has 12 nitrogen and oxygen atoms in total. The molecule has 0 aromatic heterocycles. The highest BCUT2D eigenvalue weighted by atomic mass is 31.2. The molecule has 340 valence electrons. The van der Waals surface area contributed by atoms with Crippen molar-refractivity contribution < 1.29 is 58.3 Å². The fraction of sp³-hybridized carbons (Fsp3) is 0.717. The highest BCUT2D eigenvalue weighted by Crippen LogP contribution is 2.47. The first-order chi connectivity index (χ1) is 28.5. The number of allylic oxidation sites excluding steroid dienone is 12. The molecule has 0 heterocycles. The number of phosphoric acid groups is 1. The number of hydrogen-bond acceptors (Lipinski definition) is 11. The third-order valence-corrected chi connectivity index (χ3v) is 10.8. The van der Waals surface area contributed by atoms with E-state index < -0.39 is 63.1 Å². The molecule has 0 saturated heterocycles. The SMILES string of the molecule is CC/C=C\C/C=C\C/C=C\C/C=C\CCCOCC(COP(=O)(O)OC1C(O)C(O)C(O)C(O)C1O)OC(=O)CCCCCCCCC/C=C\C/C=C\CCCCCC. The molecule has 1 fully saturated rings. The minimum absolute atomic E-state index is 0.122. The maximum absolute atomic E-state index is 12.8. The van der Waals surface area contributed by atoms with Crippen molar-refractivity contribution in [3.8, 4) is 0 Å². The van der Waals surface area contributed by atoms with Gasteiger partial charge < -0.3 is 39.9 Å². The summed E-state index contributed by atoms with van der Waals surface area (Å²) in [4.78, 5) is 23.1. The Labute approximate surface area is 355 Å². The predicted octanol–water partition coefficient (Wildman–Crippen LogP) is 8.80. The van der Waals surface area contributed by atoms with Crippen LogP contribution in [0.25, 0.3) is 0 Å². The Bertz CT molecular complexity index is 1250. The van der Waals surface area contributed by atoms with Crippen molar-refractivity contribution in [1.29, 1.82) is 0 Å². The third kappa shape index (κ3) is 28.9. The molecule has 0 bridgehead atoms. The summed E-state index contributed by atoms with van der Waals surface area (Å²) in [6.07, 6.45) is 34.1. The molecule has 6 N–H and O–H groups in total. The maximum atomic E-state index is 12.8. The van der Waals surface area contributed by atoms with Gasteiger partial charge in [0, 0.05) is 13.0 Å². The fourth-order valence-corrected chi connectivity index (χ4v) is 7.24. The van der Waals surface area contributed by atoms with Crippen LogP contribution in [0.5, 0.6) is 0 Å². The van der Waals surface area contributed by atoms with Gasteiger partial charge in [-0.3, -0.25) is 13.8 Å². The van der Waals surface area contributed by atoms with Gasteiger partial charge in [-0.2, -0.15) is 0 Å². The van der Waals surface area contributed by atoms with Crippen LogP contribution in [-0.2, 0) is 27.9 Å². The normalized spacial score (nSPS) is 23.2. The molecule has 13 heteroatoms. The lowest BCUT2D eigenvalue weighted by Crippen LogP contribution is -2.64. The van der Waals surface area contributed by atoms with E-state index in [1.165, 1.54) is 44.9 Å². The van der Waals surface area contributed by atoms with Crippen LogP contribution in [-0.4, -0.2) is 98.9 Å². The molecule has 1 aliphatic carbocycles. The first-order valence-electron chi connectivity index (χ1n) is 22.3. The lowest BCUT2D eigenvalue weighted by molar-refractivity contribution is -0.220. The van der Waals surface area contributed by atoms with Gasteiger partial charge in [0.1, 0.15) is 42.7 Å². The summed E-state index contributed by atoms with van der Waals surface area (Å²) in [6, 6.07) is 0. The molecule has 6 atom stereocenters. The first-order valence-corrected chi connectivity index (χ1v) is 23.8. The minimum Gasteiger partial charge on any atom is -0.457 e. The molecule has 1 rings (SSSR count). The van der Waals surface area contributed by atoms with E-state index in [9.17, 15) is 39.8 Å². The van der Waals surface area contributed by atoms with Gasteiger partial charge in [-0.05, 0) is 77.0 Å². The zero-order valence-electron chi connectivity index (χ0n) is 36.0. The summed E-state index contributed by atoms with van der Waals surface area (Å²) in [5.74, 6) is -0.507. The van der Waals surface area contributed by atoms with E-state index in [0.717, 1.165) is 70.6 Å². The van der Waals surface area contributed by atoms with Crippen LogP contribution >= 0.6 is 7.82 Å². The molecule has 0 aromatic carbocycles. The van der Waals surface area contributed by atoms with E-state index in [4.69, 9.17) is 18.5 Å². The maximum Gasteiger partial charge on any atom is 0.472 e. The summed E-state index contributed by atoms with van der Waals surface area (Å²) < 4.78 is 34.0. The monoisotopic (exact) mass is 855 g/mol. The van der Waals surface area contributed by atoms with Crippen LogP contribution in [0.4, 0.5) is 0 Å². The number of ether oxygens (including phenoxy) is 2. The largest absolute Gasteiger partial charge is 0.472 e. The number of carbonyl (C=O) groups excluding carboxylic acids is 1. The number of aliphatic hydroxyl groups excluding tert-OH is 5. The summed E-state index contributed by atoms with van der Waals surface area (Å²) >= 11 is 0. The second-order valence-corrected chi connectivity index (χ2v) is 16.6. The molecule has 0 aliphatic heterocycles. The summed E-state index contributed by atoms with van der Waals surface area (Å²) in [7, 11) is -5.04. The van der Waals surface area contributed by atoms with Crippen LogP contribution in [0.3, 0.4) is 0 Å². The molecule has 0 aromatic rings. The van der Waals surface area contributed by atoms with E-state index in [-0.39, 0.29) is 13.0 Å². The molecule has 59 heavy (non-hydrogen) atoms. The summed E-state index contributed by atoms with van der Waals surface area (Å²) in [6.45, 7) is 3.96. The van der Waals surface area contributed by atoms with Gasteiger partial charge in [0.2, 0.25) is 0 Å². The Hall–Kier alpha value is -2.22. The summed E-state index contributed by atoms with van der Waals surface area (Å²) in [5.41, 5.74) is 0. The van der Waals surface area contributed by atoms with Crippen LogP contribution < -0.4 is 0 Å². The average Bonchev–Trinajstić information content (AvgIpc) is 3.22. The van der Waals surface area contributed by atoms with Gasteiger partial charge in [-0.25, -0.2) is 4.57 Å². The van der Waals surface area contributed by atoms with Crippen LogP contribution in [0, 0.1) is 0 Å². The third-order valence-electron chi connectivity index (χ3n) is 9.81. The Balaban J connectivity index is 2.46. The van der Waals surface area contributed by atoms with Crippen molar-refractivity contribution in [2.45, 2.75) is 191 Å². The van der Waals surface area contributed by atoms with E-state index in [1.54, 1.807) is 0 Å². The van der Waals surface area contributed by atoms with Crippen molar-refractivity contribution in [2.24, 2.45) is 0 Å². The van der Waals surface area contributed by atoms with Crippen molar-refractivity contribution in [3.63, 3.8) is 0 Å². The van der Waals surface area contributed by atoms with E-state index in [0.29, 0.717) is 19.4 Å². The number of hydrogen-bond donors (Lipinski definition) is 6. The Kier molecular flexibility index (Phi) is 33.8. The first kappa shape index (κ1) is 54.8. The van der Waals surface area contributed by atoms with Crippen molar-refractivity contribution in [3.05, 3.63) is 72.9 Å². The Morgan fingerprint density at radius 1 is 0.559 bits per heavy atom. The van der Waals surface area contributed by atoms with Gasteiger partial charge in [0.25, 0.3) is 0 Å². The lowest BCUT2D eigenvalue weighted by atomic mass is 9.85. The zero-order valence-corrected chi connectivity index (χ0v) is 36.9. The molecule has 0 amide bonds. The lowest BCUT2D eigenvalue weighted by Gasteiger charge is -2.41. The standard InChI is InChI=1S/C46H79O12P/c1-3-5-7-9-11-13-15-17-19-20-21-22-23-25-27-29-31-33-35-40(47)57-39(37-55-36-34-32-30-28-26-24-18-16-14-12-10-8-6-4-2)38-56-59(53,54)58-46-44(51)42(49)41(48)43(50)45(46)52/h6,8,12-15,18-20,24,28,30,39,41-46,48-52H,3-5,7,9-11,16-17,21-23,25-27,29,31-38H2,1-2H3,(H,53,54)/b8-6-,14-12-,15-13-,20-19-,24-18-,30-28-. The van der Waals surface area contributed by atoms with Crippen LogP contribution in [0.15, 0.2) is 72.9 Å². The molecular formula is C46H79O12P. The number of phosphoric ester groups is 1. The molecule has 6 unspecified atom stereocenters. The quantitative estimate of drug-likeness (QED) is 0.0152. The highest BCUT2D eigenvalue weighted by Gasteiger charge is 2.51. The summed E-state index contributed by atoms with van der Waals surface area (Å²) in [5, 5.41) is 50.1. The Morgan fingerprint density at radius 3 is 1.53 bits per heavy atom. The average molecular weight is 855 g/mol. The second-order valence-electron chi connectivity index (χ2n) is 15.2. The van der Waals surface area contributed by atoms with E-state index in [1.807, 2.05) is 0 Å². The van der Waals surface area contributed by atoms with Crippen molar-refractivity contribution in [1.82, 2.24) is 0 Å².